The third kappa shape index (κ3) is 4.10. The van der Waals surface area contributed by atoms with Crippen molar-refractivity contribution >= 4 is 11.3 Å². The van der Waals surface area contributed by atoms with Crippen molar-refractivity contribution < 1.29 is 9.84 Å². The molecule has 1 N–H and O–H groups in total. The van der Waals surface area contributed by atoms with E-state index >= 15 is 0 Å². The zero-order valence-corrected chi connectivity index (χ0v) is 15.2. The first-order valence-corrected chi connectivity index (χ1v) is 9.89. The molecule has 134 valence electrons. The number of benzene rings is 1. The van der Waals surface area contributed by atoms with E-state index in [0.29, 0.717) is 13.2 Å². The fraction of sp³-hybridized carbons (Fsp3) is 0.526. The Bertz CT molecular complexity index is 678. The first kappa shape index (κ1) is 17.1. The summed E-state index contributed by atoms with van der Waals surface area (Å²) in [6.45, 7) is 6.18. The summed E-state index contributed by atoms with van der Waals surface area (Å²) in [5, 5.41) is 13.4. The molecule has 0 aliphatic carbocycles. The number of rotatable bonds is 4. The van der Waals surface area contributed by atoms with Crippen LogP contribution in [0.15, 0.2) is 35.7 Å². The van der Waals surface area contributed by atoms with Crippen molar-refractivity contribution in [2.45, 2.75) is 25.1 Å². The molecule has 2 atom stereocenters. The zero-order valence-electron chi connectivity index (χ0n) is 14.4. The third-order valence-electron chi connectivity index (χ3n) is 5.09. The standard InChI is InChI=1S/C19H25N3O2S/c23-18-13-24-12-17(18)22-8-4-7-21(9-10-22)11-19-20-16(14-25-19)15-5-2-1-3-6-15/h1-3,5-6,14,17-18,23H,4,7-13H2/t17-,18-/m1/s1. The highest BCUT2D eigenvalue weighted by atomic mass is 32.1. The van der Waals surface area contributed by atoms with Crippen LogP contribution in [0.25, 0.3) is 11.3 Å². The summed E-state index contributed by atoms with van der Waals surface area (Å²) < 4.78 is 5.42. The maximum absolute atomic E-state index is 10.1. The number of hydrogen-bond acceptors (Lipinski definition) is 6. The molecule has 0 unspecified atom stereocenters. The maximum atomic E-state index is 10.1. The van der Waals surface area contributed by atoms with Gasteiger partial charge in [-0.2, -0.15) is 0 Å². The van der Waals surface area contributed by atoms with Crippen molar-refractivity contribution in [3.05, 3.63) is 40.7 Å². The minimum atomic E-state index is -0.334. The van der Waals surface area contributed by atoms with Crippen molar-refractivity contribution in [2.24, 2.45) is 0 Å². The molecule has 0 radical (unpaired) electrons. The largest absolute Gasteiger partial charge is 0.389 e. The predicted molar refractivity (Wildman–Crippen MR) is 99.6 cm³/mol. The average Bonchev–Trinajstić information content (AvgIpc) is 3.21. The van der Waals surface area contributed by atoms with Crippen molar-refractivity contribution in [1.29, 1.82) is 0 Å². The van der Waals surface area contributed by atoms with Crippen molar-refractivity contribution in [3.8, 4) is 11.3 Å². The Labute approximate surface area is 152 Å². The van der Waals surface area contributed by atoms with Crippen LogP contribution in [0.3, 0.4) is 0 Å². The minimum Gasteiger partial charge on any atom is -0.389 e. The van der Waals surface area contributed by atoms with Gasteiger partial charge >= 0.3 is 0 Å². The number of aromatic nitrogens is 1. The Morgan fingerprint density at radius 1 is 1.12 bits per heavy atom. The molecule has 3 heterocycles. The second kappa shape index (κ2) is 7.93. The van der Waals surface area contributed by atoms with Gasteiger partial charge in [-0.25, -0.2) is 4.98 Å². The minimum absolute atomic E-state index is 0.171. The van der Waals surface area contributed by atoms with Gasteiger partial charge in [0.2, 0.25) is 0 Å². The van der Waals surface area contributed by atoms with Gasteiger partial charge < -0.3 is 9.84 Å². The maximum Gasteiger partial charge on any atom is 0.107 e. The lowest BCUT2D eigenvalue weighted by Crippen LogP contribution is -2.44. The Balaban J connectivity index is 1.35. The molecular formula is C19H25N3O2S. The van der Waals surface area contributed by atoms with E-state index in [2.05, 4.69) is 39.4 Å². The first-order valence-electron chi connectivity index (χ1n) is 9.01. The van der Waals surface area contributed by atoms with Gasteiger partial charge in [0.05, 0.1) is 37.6 Å². The SMILES string of the molecule is O[C@@H]1COC[C@H]1N1CCCN(Cc2nc(-c3ccccc3)cs2)CC1. The molecule has 1 aromatic heterocycles. The topological polar surface area (TPSA) is 48.8 Å². The van der Waals surface area contributed by atoms with E-state index in [1.807, 2.05) is 6.07 Å². The Morgan fingerprint density at radius 2 is 2.00 bits per heavy atom. The van der Waals surface area contributed by atoms with E-state index in [1.54, 1.807) is 11.3 Å². The van der Waals surface area contributed by atoms with E-state index < -0.39 is 0 Å². The molecular weight excluding hydrogens is 334 g/mol. The van der Waals surface area contributed by atoms with Gasteiger partial charge in [-0.3, -0.25) is 9.80 Å². The second-order valence-electron chi connectivity index (χ2n) is 6.83. The molecule has 25 heavy (non-hydrogen) atoms. The van der Waals surface area contributed by atoms with Gasteiger partial charge in [0, 0.05) is 24.0 Å². The fourth-order valence-electron chi connectivity index (χ4n) is 3.68. The molecule has 0 saturated carbocycles. The molecule has 5 nitrogen and oxygen atoms in total. The molecule has 6 heteroatoms. The number of aliphatic hydroxyl groups is 1. The summed E-state index contributed by atoms with van der Waals surface area (Å²) >= 11 is 1.74. The van der Waals surface area contributed by atoms with E-state index in [-0.39, 0.29) is 12.1 Å². The van der Waals surface area contributed by atoms with Gasteiger partial charge in [0.15, 0.2) is 0 Å². The van der Waals surface area contributed by atoms with Crippen LogP contribution in [0.5, 0.6) is 0 Å². The quantitative estimate of drug-likeness (QED) is 0.906. The highest BCUT2D eigenvalue weighted by molar-refractivity contribution is 7.09. The van der Waals surface area contributed by atoms with Crippen LogP contribution in [0.2, 0.25) is 0 Å². The van der Waals surface area contributed by atoms with Crippen LogP contribution in [-0.2, 0) is 11.3 Å². The Morgan fingerprint density at radius 3 is 2.80 bits per heavy atom. The van der Waals surface area contributed by atoms with Crippen LogP contribution in [0, 0.1) is 0 Å². The molecule has 2 aromatic rings. The Hall–Kier alpha value is -1.31. The number of aliphatic hydroxyl groups excluding tert-OH is 1. The van der Waals surface area contributed by atoms with Gasteiger partial charge in [-0.1, -0.05) is 30.3 Å². The van der Waals surface area contributed by atoms with E-state index in [0.717, 1.165) is 44.8 Å². The molecule has 2 saturated heterocycles. The third-order valence-corrected chi connectivity index (χ3v) is 5.93. The summed E-state index contributed by atoms with van der Waals surface area (Å²) in [6.07, 6.45) is 0.791. The zero-order chi connectivity index (χ0) is 17.1. The molecule has 2 aliphatic heterocycles. The smallest absolute Gasteiger partial charge is 0.107 e. The van der Waals surface area contributed by atoms with E-state index in [9.17, 15) is 5.11 Å². The number of nitrogens with zero attached hydrogens (tertiary/aromatic N) is 3. The van der Waals surface area contributed by atoms with Gasteiger partial charge in [-0.15, -0.1) is 11.3 Å². The van der Waals surface area contributed by atoms with Crippen LogP contribution >= 0.6 is 11.3 Å². The van der Waals surface area contributed by atoms with Crippen molar-refractivity contribution in [2.75, 3.05) is 39.4 Å². The predicted octanol–water partition coefficient (Wildman–Crippen LogP) is 2.08. The van der Waals surface area contributed by atoms with Gasteiger partial charge in [0.25, 0.3) is 0 Å². The van der Waals surface area contributed by atoms with Crippen LogP contribution in [0.1, 0.15) is 11.4 Å². The summed E-state index contributed by atoms with van der Waals surface area (Å²) in [5.41, 5.74) is 2.26. The van der Waals surface area contributed by atoms with Gasteiger partial charge in [0.1, 0.15) is 5.01 Å². The summed E-state index contributed by atoms with van der Waals surface area (Å²) in [5.74, 6) is 0. The summed E-state index contributed by atoms with van der Waals surface area (Å²) in [7, 11) is 0. The van der Waals surface area contributed by atoms with Crippen LogP contribution in [0.4, 0.5) is 0 Å². The lowest BCUT2D eigenvalue weighted by Gasteiger charge is -2.28. The first-order chi connectivity index (χ1) is 12.3. The van der Waals surface area contributed by atoms with Crippen molar-refractivity contribution in [3.63, 3.8) is 0 Å². The molecule has 0 bridgehead atoms. The van der Waals surface area contributed by atoms with E-state index in [4.69, 9.17) is 9.72 Å². The molecule has 4 rings (SSSR count). The number of thiazole rings is 1. The van der Waals surface area contributed by atoms with Crippen LogP contribution < -0.4 is 0 Å². The fourth-order valence-corrected chi connectivity index (χ4v) is 4.52. The summed E-state index contributed by atoms with van der Waals surface area (Å²) in [4.78, 5) is 9.70. The highest BCUT2D eigenvalue weighted by Gasteiger charge is 2.32. The molecule has 0 amide bonds. The second-order valence-corrected chi connectivity index (χ2v) is 7.77. The molecule has 2 fully saturated rings. The summed E-state index contributed by atoms with van der Waals surface area (Å²) in [6, 6.07) is 10.5. The average molecular weight is 359 g/mol. The molecule has 1 aromatic carbocycles. The lowest BCUT2D eigenvalue weighted by atomic mass is 10.2. The lowest BCUT2D eigenvalue weighted by molar-refractivity contribution is 0.0837. The molecule has 2 aliphatic rings. The monoisotopic (exact) mass is 359 g/mol. The normalized spacial score (nSPS) is 26.0. The van der Waals surface area contributed by atoms with Crippen molar-refractivity contribution in [1.82, 2.24) is 14.8 Å². The molecule has 0 spiro atoms. The van der Waals surface area contributed by atoms with Crippen LogP contribution in [-0.4, -0.2) is 71.4 Å². The number of hydrogen-bond donors (Lipinski definition) is 1. The van der Waals surface area contributed by atoms with E-state index in [1.165, 1.54) is 10.6 Å². The van der Waals surface area contributed by atoms with Gasteiger partial charge in [-0.05, 0) is 19.5 Å². The Kier molecular flexibility index (Phi) is 5.43. The number of ether oxygens (including phenoxy) is 1. The highest BCUT2D eigenvalue weighted by Crippen LogP contribution is 2.23.